The number of halogens is 2. The molecule has 1 heterocycles. The third-order valence-corrected chi connectivity index (χ3v) is 3.49. The van der Waals surface area contributed by atoms with Crippen molar-refractivity contribution in [3.63, 3.8) is 0 Å². The van der Waals surface area contributed by atoms with E-state index in [9.17, 15) is 4.79 Å². The molecule has 0 amide bonds. The number of rotatable bonds is 2. The van der Waals surface area contributed by atoms with Crippen LogP contribution < -0.4 is 4.74 Å². The molecular formula is C11H6Cl2O2S. The number of esters is 1. The third kappa shape index (κ3) is 2.38. The fourth-order valence-electron chi connectivity index (χ4n) is 1.11. The van der Waals surface area contributed by atoms with Crippen LogP contribution in [0.25, 0.3) is 0 Å². The highest BCUT2D eigenvalue weighted by atomic mass is 35.5. The van der Waals surface area contributed by atoms with Gasteiger partial charge in [-0.1, -0.05) is 35.3 Å². The van der Waals surface area contributed by atoms with Gasteiger partial charge in [0, 0.05) is 0 Å². The molecule has 1 aromatic heterocycles. The molecular weight excluding hydrogens is 267 g/mol. The van der Waals surface area contributed by atoms with Crippen LogP contribution in [0.15, 0.2) is 35.7 Å². The lowest BCUT2D eigenvalue weighted by Gasteiger charge is -2.05. The highest BCUT2D eigenvalue weighted by Crippen LogP contribution is 2.32. The largest absolute Gasteiger partial charge is 0.421 e. The van der Waals surface area contributed by atoms with Gasteiger partial charge in [-0.3, -0.25) is 0 Å². The Morgan fingerprint density at radius 3 is 2.69 bits per heavy atom. The Morgan fingerprint density at radius 2 is 2.00 bits per heavy atom. The molecule has 5 heteroatoms. The molecule has 0 saturated carbocycles. The fraction of sp³-hybridized carbons (Fsp3) is 0. The summed E-state index contributed by atoms with van der Waals surface area (Å²) in [5.41, 5.74) is 0. The van der Waals surface area contributed by atoms with Gasteiger partial charge in [0.15, 0.2) is 5.75 Å². The minimum absolute atomic E-state index is 0.245. The summed E-state index contributed by atoms with van der Waals surface area (Å²) in [5.74, 6) is -0.160. The Labute approximate surface area is 106 Å². The second-order valence-corrected chi connectivity index (χ2v) is 4.65. The zero-order chi connectivity index (χ0) is 11.5. The van der Waals surface area contributed by atoms with E-state index in [0.717, 1.165) is 0 Å². The summed E-state index contributed by atoms with van der Waals surface area (Å²) >= 11 is 13.0. The van der Waals surface area contributed by atoms with Crippen molar-refractivity contribution < 1.29 is 9.53 Å². The molecule has 16 heavy (non-hydrogen) atoms. The molecule has 2 nitrogen and oxygen atoms in total. The molecule has 0 fully saturated rings. The van der Waals surface area contributed by atoms with Gasteiger partial charge >= 0.3 is 5.97 Å². The number of benzene rings is 1. The predicted molar refractivity (Wildman–Crippen MR) is 65.7 cm³/mol. The van der Waals surface area contributed by atoms with Crippen molar-refractivity contribution in [3.8, 4) is 5.75 Å². The maximum atomic E-state index is 11.6. The second-order valence-electron chi connectivity index (χ2n) is 2.92. The lowest BCUT2D eigenvalue weighted by Crippen LogP contribution is -2.06. The van der Waals surface area contributed by atoms with Crippen LogP contribution in [-0.2, 0) is 0 Å². The Morgan fingerprint density at radius 1 is 1.19 bits per heavy atom. The molecule has 1 aromatic carbocycles. The first kappa shape index (κ1) is 11.5. The zero-order valence-corrected chi connectivity index (χ0v) is 10.3. The lowest BCUT2D eigenvalue weighted by atomic mass is 10.3. The molecule has 0 radical (unpaired) electrons. The second kappa shape index (κ2) is 4.87. The quantitative estimate of drug-likeness (QED) is 0.603. The van der Waals surface area contributed by atoms with E-state index in [1.165, 1.54) is 11.3 Å². The number of ether oxygens (including phenoxy) is 1. The van der Waals surface area contributed by atoms with Gasteiger partial charge in [0.25, 0.3) is 0 Å². The molecule has 0 spiro atoms. The van der Waals surface area contributed by atoms with E-state index in [2.05, 4.69) is 0 Å². The van der Waals surface area contributed by atoms with E-state index < -0.39 is 5.97 Å². The van der Waals surface area contributed by atoms with Gasteiger partial charge in [-0.2, -0.15) is 0 Å². The normalized spacial score (nSPS) is 10.1. The van der Waals surface area contributed by atoms with Crippen LogP contribution in [0.5, 0.6) is 5.75 Å². The molecule has 0 aliphatic rings. The van der Waals surface area contributed by atoms with Crippen LogP contribution in [0.4, 0.5) is 0 Å². The molecule has 0 bridgehead atoms. The summed E-state index contributed by atoms with van der Waals surface area (Å²) < 4.78 is 5.13. The van der Waals surface area contributed by atoms with Crippen LogP contribution in [0, 0.1) is 0 Å². The van der Waals surface area contributed by atoms with Crippen LogP contribution in [0.1, 0.15) is 9.67 Å². The Hall–Kier alpha value is -1.03. The van der Waals surface area contributed by atoms with Gasteiger partial charge < -0.3 is 4.74 Å². The van der Waals surface area contributed by atoms with Gasteiger partial charge in [-0.15, -0.1) is 11.3 Å². The van der Waals surface area contributed by atoms with Gasteiger partial charge in [0.1, 0.15) is 9.90 Å². The van der Waals surface area contributed by atoms with Gasteiger partial charge in [-0.25, -0.2) is 4.79 Å². The first-order chi connectivity index (χ1) is 7.68. The maximum absolute atomic E-state index is 11.6. The zero-order valence-electron chi connectivity index (χ0n) is 7.94. The van der Waals surface area contributed by atoms with E-state index in [1.54, 1.807) is 35.7 Å². The van der Waals surface area contributed by atoms with Gasteiger partial charge in [0.2, 0.25) is 0 Å². The van der Waals surface area contributed by atoms with E-state index >= 15 is 0 Å². The maximum Gasteiger partial charge on any atom is 0.353 e. The van der Waals surface area contributed by atoms with Crippen molar-refractivity contribution in [3.05, 3.63) is 50.6 Å². The smallest absolute Gasteiger partial charge is 0.353 e. The van der Waals surface area contributed by atoms with Crippen LogP contribution in [0.3, 0.4) is 0 Å². The molecule has 0 aliphatic carbocycles. The molecule has 0 atom stereocenters. The number of hydrogen-bond donors (Lipinski definition) is 0. The van der Waals surface area contributed by atoms with Crippen molar-refractivity contribution in [2.75, 3.05) is 0 Å². The van der Waals surface area contributed by atoms with Gasteiger partial charge in [-0.05, 0) is 23.6 Å². The minimum Gasteiger partial charge on any atom is -0.421 e. The number of hydrogen-bond acceptors (Lipinski definition) is 3. The van der Waals surface area contributed by atoms with Crippen molar-refractivity contribution in [2.24, 2.45) is 0 Å². The van der Waals surface area contributed by atoms with E-state index in [-0.39, 0.29) is 10.8 Å². The minimum atomic E-state index is -0.431. The molecule has 0 N–H and O–H groups in total. The Bertz CT molecular complexity index is 509. The Kier molecular flexibility index (Phi) is 3.49. The number of carbonyl (C=O) groups excluding carboxylic acids is 1. The van der Waals surface area contributed by atoms with Crippen LogP contribution in [0.2, 0.25) is 10.0 Å². The summed E-state index contributed by atoms with van der Waals surface area (Å²) in [6.45, 7) is 0. The van der Waals surface area contributed by atoms with E-state index in [0.29, 0.717) is 9.90 Å². The molecule has 0 aliphatic heterocycles. The number of thiophene rings is 1. The van der Waals surface area contributed by atoms with E-state index in [1.807, 2.05) is 0 Å². The fourth-order valence-corrected chi connectivity index (χ4v) is 2.04. The number of carbonyl (C=O) groups is 1. The molecule has 82 valence electrons. The van der Waals surface area contributed by atoms with Crippen LogP contribution >= 0.6 is 34.5 Å². The summed E-state index contributed by atoms with van der Waals surface area (Å²) in [4.78, 5) is 12.1. The molecule has 0 saturated heterocycles. The van der Waals surface area contributed by atoms with Crippen molar-refractivity contribution >= 4 is 40.5 Å². The monoisotopic (exact) mass is 272 g/mol. The Balaban J connectivity index is 2.22. The molecule has 0 unspecified atom stereocenters. The standard InChI is InChI=1S/C11H6Cl2O2S/c12-7-3-1-4-8(10(7)13)15-11(14)9-5-2-6-16-9/h1-6H. The van der Waals surface area contributed by atoms with Crippen molar-refractivity contribution in [1.82, 2.24) is 0 Å². The summed E-state index contributed by atoms with van der Waals surface area (Å²) in [7, 11) is 0. The SMILES string of the molecule is O=C(Oc1cccc(Cl)c1Cl)c1cccs1. The average Bonchev–Trinajstić information content (AvgIpc) is 2.78. The first-order valence-corrected chi connectivity index (χ1v) is 6.02. The lowest BCUT2D eigenvalue weighted by molar-refractivity contribution is 0.0740. The summed E-state index contributed by atoms with van der Waals surface area (Å²) in [5, 5.41) is 2.41. The average molecular weight is 273 g/mol. The molecule has 2 aromatic rings. The highest BCUT2D eigenvalue weighted by molar-refractivity contribution is 7.12. The summed E-state index contributed by atoms with van der Waals surface area (Å²) in [6.07, 6.45) is 0. The van der Waals surface area contributed by atoms with Crippen LogP contribution in [-0.4, -0.2) is 5.97 Å². The topological polar surface area (TPSA) is 26.3 Å². The highest BCUT2D eigenvalue weighted by Gasteiger charge is 2.12. The summed E-state index contributed by atoms with van der Waals surface area (Å²) in [6, 6.07) is 8.36. The molecule has 2 rings (SSSR count). The van der Waals surface area contributed by atoms with Crippen molar-refractivity contribution in [2.45, 2.75) is 0 Å². The predicted octanol–water partition coefficient (Wildman–Crippen LogP) is 4.27. The van der Waals surface area contributed by atoms with E-state index in [4.69, 9.17) is 27.9 Å². The first-order valence-electron chi connectivity index (χ1n) is 4.38. The third-order valence-electron chi connectivity index (χ3n) is 1.84. The van der Waals surface area contributed by atoms with Gasteiger partial charge in [0.05, 0.1) is 5.02 Å². The van der Waals surface area contributed by atoms with Crippen molar-refractivity contribution in [1.29, 1.82) is 0 Å².